The average molecular weight is 607 g/mol. The Bertz CT molecular complexity index is 1690. The molecule has 39 heavy (non-hydrogen) atoms. The molecule has 0 saturated heterocycles. The molecule has 12 heteroatoms. The molecule has 0 bridgehead atoms. The first-order valence-corrected chi connectivity index (χ1v) is 13.9. The molecule has 4 N–H and O–H groups in total. The number of nitrogens with zero attached hydrogens (tertiary/aromatic N) is 4. The Hall–Kier alpha value is -4.03. The molecule has 0 radical (unpaired) electrons. The number of carbonyl (C=O) groups excluding carboxylic acids is 1. The minimum Gasteiger partial charge on any atom is -0.454 e. The lowest BCUT2D eigenvalue weighted by Gasteiger charge is -2.12. The third-order valence-electron chi connectivity index (χ3n) is 6.27. The quantitative estimate of drug-likeness (QED) is 0.202. The number of nitrogen functional groups attached to an aromatic ring is 1. The lowest BCUT2D eigenvalue weighted by atomic mass is 10.1. The molecule has 6 rings (SSSR count). The van der Waals surface area contributed by atoms with Crippen LogP contribution in [0.2, 0.25) is 0 Å². The molecule has 0 unspecified atom stereocenters. The van der Waals surface area contributed by atoms with Crippen LogP contribution < -0.4 is 25.8 Å². The third kappa shape index (κ3) is 5.30. The second kappa shape index (κ2) is 11.0. The Morgan fingerprint density at radius 1 is 1.08 bits per heavy atom. The number of anilines is 2. The van der Waals surface area contributed by atoms with E-state index in [0.29, 0.717) is 47.5 Å². The van der Waals surface area contributed by atoms with Gasteiger partial charge in [-0.2, -0.15) is 0 Å². The van der Waals surface area contributed by atoms with Gasteiger partial charge in [0.25, 0.3) is 0 Å². The van der Waals surface area contributed by atoms with Crippen molar-refractivity contribution in [1.82, 2.24) is 24.8 Å². The second-order valence-electron chi connectivity index (χ2n) is 8.77. The molecular weight excluding hydrogens is 582 g/mol. The molecule has 0 saturated carbocycles. The number of aryl methyl sites for hydroxylation is 1. The van der Waals surface area contributed by atoms with E-state index in [1.54, 1.807) is 0 Å². The topological polar surface area (TPSA) is 129 Å². The van der Waals surface area contributed by atoms with Crippen molar-refractivity contribution in [3.05, 3.63) is 65.4 Å². The van der Waals surface area contributed by atoms with Crippen LogP contribution in [0.5, 0.6) is 11.5 Å². The van der Waals surface area contributed by atoms with Gasteiger partial charge in [0.2, 0.25) is 12.7 Å². The van der Waals surface area contributed by atoms with Crippen LogP contribution in [0.15, 0.2) is 75.4 Å². The summed E-state index contributed by atoms with van der Waals surface area (Å²) in [6, 6.07) is 18.1. The minimum atomic E-state index is -0.0705. The molecule has 0 atom stereocenters. The lowest BCUT2D eigenvalue weighted by molar-refractivity contribution is -0.121. The van der Waals surface area contributed by atoms with Crippen LogP contribution in [0.1, 0.15) is 6.42 Å². The summed E-state index contributed by atoms with van der Waals surface area (Å²) >= 11 is 5.02. The molecule has 3 heterocycles. The van der Waals surface area contributed by atoms with Gasteiger partial charge < -0.3 is 30.4 Å². The molecule has 5 aromatic rings. The van der Waals surface area contributed by atoms with Crippen molar-refractivity contribution in [2.75, 3.05) is 30.9 Å². The predicted molar refractivity (Wildman–Crippen MR) is 154 cm³/mol. The van der Waals surface area contributed by atoms with Crippen LogP contribution in [-0.4, -0.2) is 45.3 Å². The van der Waals surface area contributed by atoms with E-state index < -0.39 is 0 Å². The first kappa shape index (κ1) is 25.3. The fourth-order valence-electron chi connectivity index (χ4n) is 4.37. The molecule has 10 nitrogen and oxygen atoms in total. The van der Waals surface area contributed by atoms with Crippen molar-refractivity contribution in [3.63, 3.8) is 0 Å². The zero-order valence-electron chi connectivity index (χ0n) is 20.7. The van der Waals surface area contributed by atoms with Gasteiger partial charge in [-0.05, 0) is 39.5 Å². The summed E-state index contributed by atoms with van der Waals surface area (Å²) in [5.41, 5.74) is 8.20. The molecule has 0 fully saturated rings. The van der Waals surface area contributed by atoms with Gasteiger partial charge in [0, 0.05) is 46.5 Å². The highest BCUT2D eigenvalue weighted by molar-refractivity contribution is 9.10. The fraction of sp³-hybridized carbons (Fsp3) is 0.185. The molecule has 1 aliphatic heterocycles. The highest BCUT2D eigenvalue weighted by Crippen LogP contribution is 2.43. The van der Waals surface area contributed by atoms with Crippen LogP contribution in [0.3, 0.4) is 0 Å². The average Bonchev–Trinajstić information content (AvgIpc) is 3.54. The van der Waals surface area contributed by atoms with Crippen molar-refractivity contribution in [1.29, 1.82) is 0 Å². The van der Waals surface area contributed by atoms with E-state index in [2.05, 4.69) is 54.7 Å². The number of fused-ring (bicyclic) bond motifs is 3. The van der Waals surface area contributed by atoms with Gasteiger partial charge in [-0.25, -0.2) is 15.0 Å². The first-order chi connectivity index (χ1) is 19.1. The van der Waals surface area contributed by atoms with Crippen molar-refractivity contribution >= 4 is 67.0 Å². The van der Waals surface area contributed by atoms with Crippen molar-refractivity contribution in [3.8, 4) is 11.5 Å². The number of benzene rings is 3. The van der Waals surface area contributed by atoms with Crippen molar-refractivity contribution < 1.29 is 14.3 Å². The molecule has 1 aliphatic rings. The highest BCUT2D eigenvalue weighted by Gasteiger charge is 2.21. The molecule has 3 aromatic carbocycles. The number of rotatable bonds is 9. The van der Waals surface area contributed by atoms with Crippen molar-refractivity contribution in [2.24, 2.45) is 0 Å². The zero-order chi connectivity index (χ0) is 26.8. The maximum absolute atomic E-state index is 12.7. The fourth-order valence-corrected chi connectivity index (χ4v) is 5.88. The number of imidazole rings is 1. The van der Waals surface area contributed by atoms with E-state index in [1.165, 1.54) is 23.5 Å². The number of hydrogen-bond donors (Lipinski definition) is 3. The summed E-state index contributed by atoms with van der Waals surface area (Å²) in [4.78, 5) is 26.8. The molecular formula is C27H24BrN7O3S. The lowest BCUT2D eigenvalue weighted by Crippen LogP contribution is -2.29. The van der Waals surface area contributed by atoms with Gasteiger partial charge in [0.1, 0.15) is 6.33 Å². The Kier molecular flexibility index (Phi) is 7.12. The largest absolute Gasteiger partial charge is 0.454 e. The van der Waals surface area contributed by atoms with Gasteiger partial charge in [0.15, 0.2) is 33.6 Å². The van der Waals surface area contributed by atoms with Gasteiger partial charge in [0.05, 0.1) is 0 Å². The van der Waals surface area contributed by atoms with E-state index in [4.69, 9.17) is 20.2 Å². The Morgan fingerprint density at radius 3 is 2.79 bits per heavy atom. The number of amides is 1. The SMILES string of the molecule is Nc1ncnc2c1nc(Sc1cc3c(cc1Br)OCO3)n2CCC(=O)NCCNc1cccc2ccccc12. The summed E-state index contributed by atoms with van der Waals surface area (Å²) in [5.74, 6) is 1.56. The maximum Gasteiger partial charge on any atom is 0.231 e. The first-order valence-electron chi connectivity index (χ1n) is 12.3. The molecule has 2 aromatic heterocycles. The summed E-state index contributed by atoms with van der Waals surface area (Å²) in [5, 5.41) is 9.37. The van der Waals surface area contributed by atoms with Crippen LogP contribution in [0.25, 0.3) is 21.9 Å². The van der Waals surface area contributed by atoms with Crippen LogP contribution in [0.4, 0.5) is 11.5 Å². The number of aromatic nitrogens is 4. The minimum absolute atomic E-state index is 0.0705. The van der Waals surface area contributed by atoms with Gasteiger partial charge >= 0.3 is 0 Å². The van der Waals surface area contributed by atoms with E-state index in [1.807, 2.05) is 41.0 Å². The standard InChI is InChI=1S/C27H24BrN7O3S/c28-18-12-20-21(38-15-37-20)13-22(18)39-27-34-24-25(29)32-14-33-26(24)35(27)11-8-23(36)31-10-9-30-19-7-3-5-16-4-1-2-6-17(16)19/h1-7,12-14,30H,8-11,15H2,(H,31,36)(H2,29,32,33). The number of carbonyl (C=O) groups is 1. The Balaban J connectivity index is 1.12. The zero-order valence-corrected chi connectivity index (χ0v) is 23.1. The number of nitrogens with one attached hydrogen (secondary N) is 2. The molecule has 0 spiro atoms. The summed E-state index contributed by atoms with van der Waals surface area (Å²) in [6.07, 6.45) is 1.65. The monoisotopic (exact) mass is 605 g/mol. The number of ether oxygens (including phenoxy) is 2. The second-order valence-corrected chi connectivity index (χ2v) is 10.6. The Labute approximate surface area is 236 Å². The van der Waals surface area contributed by atoms with Gasteiger partial charge in [-0.1, -0.05) is 48.2 Å². The number of halogens is 1. The molecule has 198 valence electrons. The molecule has 0 aliphatic carbocycles. The third-order valence-corrected chi connectivity index (χ3v) is 8.24. The molecule has 1 amide bonds. The predicted octanol–water partition coefficient (Wildman–Crippen LogP) is 4.82. The normalized spacial score (nSPS) is 12.2. The Morgan fingerprint density at radius 2 is 1.90 bits per heavy atom. The number of hydrogen-bond acceptors (Lipinski definition) is 9. The van der Waals surface area contributed by atoms with Gasteiger partial charge in [-0.15, -0.1) is 0 Å². The van der Waals surface area contributed by atoms with Crippen LogP contribution >= 0.6 is 27.7 Å². The van der Waals surface area contributed by atoms with Crippen molar-refractivity contribution in [2.45, 2.75) is 23.0 Å². The highest BCUT2D eigenvalue weighted by atomic mass is 79.9. The van der Waals surface area contributed by atoms with Crippen LogP contribution in [0, 0.1) is 0 Å². The van der Waals surface area contributed by atoms with Crippen LogP contribution in [-0.2, 0) is 11.3 Å². The summed E-state index contributed by atoms with van der Waals surface area (Å²) in [6.45, 7) is 1.66. The van der Waals surface area contributed by atoms with E-state index in [9.17, 15) is 4.79 Å². The van der Waals surface area contributed by atoms with E-state index in [0.717, 1.165) is 20.4 Å². The smallest absolute Gasteiger partial charge is 0.231 e. The number of nitrogens with two attached hydrogens (primary N) is 1. The summed E-state index contributed by atoms with van der Waals surface area (Å²) < 4.78 is 13.7. The van der Waals surface area contributed by atoms with E-state index >= 15 is 0 Å². The van der Waals surface area contributed by atoms with E-state index in [-0.39, 0.29) is 24.9 Å². The maximum atomic E-state index is 12.7. The summed E-state index contributed by atoms with van der Waals surface area (Å²) in [7, 11) is 0. The van der Waals surface area contributed by atoms with Gasteiger partial charge in [-0.3, -0.25) is 4.79 Å².